The van der Waals surface area contributed by atoms with Crippen molar-refractivity contribution < 1.29 is 0 Å². The molecule has 296 valence electrons. The van der Waals surface area contributed by atoms with Crippen molar-refractivity contribution in [2.24, 2.45) is 0 Å². The number of hydrogen-bond donors (Lipinski definition) is 0. The quantitative estimate of drug-likeness (QED) is 0.131. The summed E-state index contributed by atoms with van der Waals surface area (Å²) in [4.78, 5) is 2.35. The molecule has 0 atom stereocenters. The van der Waals surface area contributed by atoms with Crippen LogP contribution < -0.4 is 4.90 Å². The van der Waals surface area contributed by atoms with Crippen molar-refractivity contribution in [2.45, 2.75) is 0 Å². The van der Waals surface area contributed by atoms with Gasteiger partial charge in [0.15, 0.2) is 0 Å². The zero-order chi connectivity index (χ0) is 42.0. The van der Waals surface area contributed by atoms with E-state index in [1.165, 1.54) is 88.3 Å². The molecule has 0 aliphatic rings. The van der Waals surface area contributed by atoms with Gasteiger partial charge in [-0.05, 0) is 125 Å². The summed E-state index contributed by atoms with van der Waals surface area (Å²) < 4.78 is 0. The van der Waals surface area contributed by atoms with E-state index in [4.69, 9.17) is 0 Å². The molecule has 11 aromatic carbocycles. The Bertz CT molecular complexity index is 3320. The third-order valence-corrected chi connectivity index (χ3v) is 12.3. The van der Waals surface area contributed by atoms with Crippen molar-refractivity contribution in [3.8, 4) is 66.8 Å². The summed E-state index contributed by atoms with van der Waals surface area (Å²) in [6, 6.07) is 94.4. The first-order chi connectivity index (χ1) is 31.3. The van der Waals surface area contributed by atoms with Gasteiger partial charge in [-0.3, -0.25) is 0 Å². The molecule has 0 aromatic heterocycles. The first-order valence-corrected chi connectivity index (χ1v) is 21.7. The van der Waals surface area contributed by atoms with Crippen LogP contribution in [0.5, 0.6) is 0 Å². The molecule has 0 radical (unpaired) electrons. The van der Waals surface area contributed by atoms with E-state index in [1.54, 1.807) is 0 Å². The van der Waals surface area contributed by atoms with E-state index < -0.39 is 0 Å². The lowest BCUT2D eigenvalue weighted by Gasteiger charge is -2.26. The fourth-order valence-electron chi connectivity index (χ4n) is 9.45. The van der Waals surface area contributed by atoms with E-state index in [-0.39, 0.29) is 0 Å². The fourth-order valence-corrected chi connectivity index (χ4v) is 9.45. The molecule has 11 aromatic rings. The Kier molecular flexibility index (Phi) is 9.97. The standard InChI is InChI=1S/C62H43N/c1-6-20-44(21-7-1)53-32-18-33-54(59(53)47-22-8-2-9-23-47)45-36-40-51(41-37-45)63(50-28-14-5-15-29-50)52-42-38-46(39-43-52)55-34-19-35-58-56-30-16-17-31-57(56)60(48-24-10-3-11-25-48)61(62(55)58)49-26-12-4-13-27-49/h1-43H. The molecule has 0 aliphatic heterocycles. The van der Waals surface area contributed by atoms with Crippen LogP contribution in [0, 0.1) is 0 Å². The van der Waals surface area contributed by atoms with Crippen LogP contribution in [0.15, 0.2) is 261 Å². The van der Waals surface area contributed by atoms with Crippen LogP contribution in [0.25, 0.3) is 88.3 Å². The highest BCUT2D eigenvalue weighted by atomic mass is 15.1. The molecule has 0 aliphatic carbocycles. The molecule has 63 heavy (non-hydrogen) atoms. The summed E-state index contributed by atoms with van der Waals surface area (Å²) >= 11 is 0. The van der Waals surface area contributed by atoms with Crippen molar-refractivity contribution in [3.05, 3.63) is 261 Å². The molecule has 0 saturated heterocycles. The predicted molar refractivity (Wildman–Crippen MR) is 269 cm³/mol. The normalized spacial score (nSPS) is 11.2. The van der Waals surface area contributed by atoms with Gasteiger partial charge in [0.1, 0.15) is 0 Å². The highest BCUT2D eigenvalue weighted by Gasteiger charge is 2.21. The van der Waals surface area contributed by atoms with Gasteiger partial charge in [0.05, 0.1) is 0 Å². The van der Waals surface area contributed by atoms with Gasteiger partial charge >= 0.3 is 0 Å². The molecule has 0 saturated carbocycles. The van der Waals surface area contributed by atoms with Crippen LogP contribution in [0.4, 0.5) is 17.1 Å². The second kappa shape index (κ2) is 16.7. The van der Waals surface area contributed by atoms with Crippen molar-refractivity contribution in [2.75, 3.05) is 4.90 Å². The highest BCUT2D eigenvalue weighted by Crippen LogP contribution is 2.48. The van der Waals surface area contributed by atoms with Crippen LogP contribution in [0.2, 0.25) is 0 Å². The molecule has 11 rings (SSSR count). The molecular formula is C62H43N. The van der Waals surface area contributed by atoms with E-state index in [9.17, 15) is 0 Å². The minimum atomic E-state index is 1.09. The van der Waals surface area contributed by atoms with Gasteiger partial charge < -0.3 is 4.90 Å². The van der Waals surface area contributed by atoms with E-state index in [1.807, 2.05) is 0 Å². The van der Waals surface area contributed by atoms with Gasteiger partial charge in [0.25, 0.3) is 0 Å². The third kappa shape index (κ3) is 7.06. The van der Waals surface area contributed by atoms with Gasteiger partial charge in [0.2, 0.25) is 0 Å². The third-order valence-electron chi connectivity index (χ3n) is 12.3. The number of rotatable bonds is 9. The van der Waals surface area contributed by atoms with Gasteiger partial charge in [0, 0.05) is 17.1 Å². The Morgan fingerprint density at radius 1 is 0.190 bits per heavy atom. The average Bonchev–Trinajstić information content (AvgIpc) is 3.37. The molecule has 0 fully saturated rings. The van der Waals surface area contributed by atoms with Gasteiger partial charge in [-0.2, -0.15) is 0 Å². The number of para-hydroxylation sites is 1. The number of benzene rings is 11. The van der Waals surface area contributed by atoms with Crippen molar-refractivity contribution >= 4 is 38.6 Å². The van der Waals surface area contributed by atoms with Gasteiger partial charge in [-0.25, -0.2) is 0 Å². The lowest BCUT2D eigenvalue weighted by Crippen LogP contribution is -2.09. The first kappa shape index (κ1) is 37.7. The molecule has 0 bridgehead atoms. The van der Waals surface area contributed by atoms with E-state index in [2.05, 4.69) is 266 Å². The zero-order valence-electron chi connectivity index (χ0n) is 34.8. The zero-order valence-corrected chi connectivity index (χ0v) is 34.8. The summed E-state index contributed by atoms with van der Waals surface area (Å²) in [5.41, 5.74) is 17.8. The van der Waals surface area contributed by atoms with Crippen LogP contribution in [-0.2, 0) is 0 Å². The Labute approximate surface area is 369 Å². The second-order valence-electron chi connectivity index (χ2n) is 16.0. The van der Waals surface area contributed by atoms with Crippen LogP contribution >= 0.6 is 0 Å². The van der Waals surface area contributed by atoms with Crippen LogP contribution in [0.3, 0.4) is 0 Å². The lowest BCUT2D eigenvalue weighted by molar-refractivity contribution is 1.28. The Morgan fingerprint density at radius 2 is 0.540 bits per heavy atom. The molecule has 0 heterocycles. The maximum absolute atomic E-state index is 2.35. The van der Waals surface area contributed by atoms with Crippen LogP contribution in [0.1, 0.15) is 0 Å². The molecule has 1 heteroatoms. The average molecular weight is 802 g/mol. The molecular weight excluding hydrogens is 759 g/mol. The van der Waals surface area contributed by atoms with Crippen molar-refractivity contribution in [3.63, 3.8) is 0 Å². The number of fused-ring (bicyclic) bond motifs is 3. The summed E-state index contributed by atoms with van der Waals surface area (Å²) in [6.07, 6.45) is 0. The number of hydrogen-bond acceptors (Lipinski definition) is 1. The summed E-state index contributed by atoms with van der Waals surface area (Å²) in [6.45, 7) is 0. The van der Waals surface area contributed by atoms with Gasteiger partial charge in [-0.1, -0.05) is 224 Å². The Balaban J connectivity index is 1.04. The summed E-state index contributed by atoms with van der Waals surface area (Å²) in [5, 5.41) is 5.02. The molecule has 0 N–H and O–H groups in total. The maximum Gasteiger partial charge on any atom is 0.0462 e. The topological polar surface area (TPSA) is 3.24 Å². The molecule has 0 spiro atoms. The Hall–Kier alpha value is -8.26. The van der Waals surface area contributed by atoms with E-state index in [0.29, 0.717) is 0 Å². The SMILES string of the molecule is c1ccc(-c2cccc(-c3ccc(N(c4ccccc4)c4ccc(-c5cccc6c5c(-c5ccccc5)c(-c5ccccc5)c5ccccc56)cc4)cc3)c2-c2ccccc2)cc1. The minimum Gasteiger partial charge on any atom is -0.311 e. The van der Waals surface area contributed by atoms with Crippen molar-refractivity contribution in [1.29, 1.82) is 0 Å². The monoisotopic (exact) mass is 801 g/mol. The smallest absolute Gasteiger partial charge is 0.0462 e. The lowest BCUT2D eigenvalue weighted by atomic mass is 9.82. The predicted octanol–water partition coefficient (Wildman–Crippen LogP) is 17.5. The summed E-state index contributed by atoms with van der Waals surface area (Å²) in [7, 11) is 0. The molecule has 0 amide bonds. The first-order valence-electron chi connectivity index (χ1n) is 21.7. The van der Waals surface area contributed by atoms with E-state index in [0.717, 1.165) is 17.1 Å². The largest absolute Gasteiger partial charge is 0.311 e. The summed E-state index contributed by atoms with van der Waals surface area (Å²) in [5.74, 6) is 0. The fraction of sp³-hybridized carbons (Fsp3) is 0. The van der Waals surface area contributed by atoms with Crippen LogP contribution in [-0.4, -0.2) is 0 Å². The maximum atomic E-state index is 2.35. The Morgan fingerprint density at radius 3 is 1.08 bits per heavy atom. The number of nitrogens with zero attached hydrogens (tertiary/aromatic N) is 1. The second-order valence-corrected chi connectivity index (χ2v) is 16.0. The minimum absolute atomic E-state index is 1.09. The molecule has 1 nitrogen and oxygen atoms in total. The highest BCUT2D eigenvalue weighted by molar-refractivity contribution is 6.25. The van der Waals surface area contributed by atoms with E-state index >= 15 is 0 Å². The van der Waals surface area contributed by atoms with Gasteiger partial charge in [-0.15, -0.1) is 0 Å². The molecule has 0 unspecified atom stereocenters. The van der Waals surface area contributed by atoms with Crippen molar-refractivity contribution in [1.82, 2.24) is 0 Å². The number of anilines is 3.